The van der Waals surface area contributed by atoms with E-state index in [1.54, 1.807) is 0 Å². The summed E-state index contributed by atoms with van der Waals surface area (Å²) >= 11 is 17.9. The summed E-state index contributed by atoms with van der Waals surface area (Å²) < 4.78 is 0. The zero-order valence-electron chi connectivity index (χ0n) is 17.5. The van der Waals surface area contributed by atoms with Crippen LogP contribution in [-0.2, 0) is 0 Å². The van der Waals surface area contributed by atoms with E-state index >= 15 is 0 Å². The maximum absolute atomic E-state index is 6.06. The van der Waals surface area contributed by atoms with E-state index in [0.29, 0.717) is 5.88 Å². The Morgan fingerprint density at radius 2 is 1.13 bits per heavy atom. The van der Waals surface area contributed by atoms with E-state index < -0.39 is 0 Å². The van der Waals surface area contributed by atoms with Crippen LogP contribution in [0.1, 0.15) is 30.5 Å². The summed E-state index contributed by atoms with van der Waals surface area (Å²) in [5.41, 5.74) is 5.98. The van der Waals surface area contributed by atoms with Gasteiger partial charge in [-0.2, -0.15) is 0 Å². The minimum atomic E-state index is -0.0976. The van der Waals surface area contributed by atoms with Crippen LogP contribution in [0, 0.1) is 0 Å². The molecule has 0 heterocycles. The molecule has 0 spiro atoms. The minimum Gasteiger partial charge on any atom is -0.122 e. The molecule has 0 bridgehead atoms. The number of fused-ring (bicyclic) bond motifs is 1. The van der Waals surface area contributed by atoms with E-state index in [1.165, 1.54) is 10.8 Å². The maximum Gasteiger partial charge on any atom is 0.0557 e. The molecule has 3 rings (SSSR count). The Morgan fingerprint density at radius 3 is 1.63 bits per heavy atom. The third-order valence-corrected chi connectivity index (χ3v) is 5.76. The van der Waals surface area contributed by atoms with E-state index in [4.69, 9.17) is 34.8 Å². The van der Waals surface area contributed by atoms with Crippen LogP contribution in [0.3, 0.4) is 0 Å². The first-order valence-corrected chi connectivity index (χ1v) is 11.2. The molecule has 3 heteroatoms. The van der Waals surface area contributed by atoms with Crippen molar-refractivity contribution in [2.24, 2.45) is 0 Å². The van der Waals surface area contributed by atoms with E-state index in [1.807, 2.05) is 56.3 Å². The second-order valence-corrected chi connectivity index (χ2v) is 8.67. The van der Waals surface area contributed by atoms with Crippen molar-refractivity contribution in [1.82, 2.24) is 0 Å². The molecule has 0 saturated carbocycles. The highest BCUT2D eigenvalue weighted by Crippen LogP contribution is 2.30. The predicted molar refractivity (Wildman–Crippen MR) is 139 cm³/mol. The summed E-state index contributed by atoms with van der Waals surface area (Å²) in [6.07, 6.45) is 0. The molecule has 0 nitrogen and oxygen atoms in total. The monoisotopic (exact) mass is 456 g/mol. The molecule has 0 aliphatic heterocycles. The average Bonchev–Trinajstić information content (AvgIpc) is 2.77. The minimum absolute atomic E-state index is 0.0976. The van der Waals surface area contributed by atoms with Crippen molar-refractivity contribution in [3.63, 3.8) is 0 Å². The highest BCUT2D eigenvalue weighted by molar-refractivity contribution is 6.27. The van der Waals surface area contributed by atoms with Gasteiger partial charge < -0.3 is 0 Å². The molecule has 2 atom stereocenters. The van der Waals surface area contributed by atoms with Crippen LogP contribution in [0.25, 0.3) is 27.5 Å². The number of rotatable bonds is 6. The fraction of sp³-hybridized carbons (Fsp3) is 0.185. The Morgan fingerprint density at radius 1 is 0.700 bits per heavy atom. The van der Waals surface area contributed by atoms with Crippen LogP contribution in [0.5, 0.6) is 0 Å². The number of hydrogen-bond acceptors (Lipinski definition) is 0. The second kappa shape index (κ2) is 11.4. The van der Waals surface area contributed by atoms with Crippen molar-refractivity contribution >= 4 is 62.3 Å². The SMILES string of the molecule is C=C(CCl)c1cccc2ccccc12.C=C(c1ccccc1C(=C)C(C)Cl)C(C)Cl. The highest BCUT2D eigenvalue weighted by Gasteiger charge is 2.14. The number of hydrogen-bond donors (Lipinski definition) is 0. The van der Waals surface area contributed by atoms with Gasteiger partial charge in [-0.25, -0.2) is 0 Å². The fourth-order valence-electron chi connectivity index (χ4n) is 3.08. The summed E-state index contributed by atoms with van der Waals surface area (Å²) in [5.74, 6) is 0.480. The second-order valence-electron chi connectivity index (χ2n) is 7.09. The van der Waals surface area contributed by atoms with E-state index in [2.05, 4.69) is 44.0 Å². The van der Waals surface area contributed by atoms with Gasteiger partial charge in [0.2, 0.25) is 0 Å². The summed E-state index contributed by atoms with van der Waals surface area (Å²) in [4.78, 5) is 0. The summed E-state index contributed by atoms with van der Waals surface area (Å²) in [6, 6.07) is 22.4. The summed E-state index contributed by atoms with van der Waals surface area (Å²) in [7, 11) is 0. The molecule has 30 heavy (non-hydrogen) atoms. The molecular formula is C27H27Cl3. The third kappa shape index (κ3) is 6.01. The fourth-order valence-corrected chi connectivity index (χ4v) is 3.46. The van der Waals surface area contributed by atoms with Crippen LogP contribution >= 0.6 is 34.8 Å². The Bertz CT molecular complexity index is 1000. The Kier molecular flexibility index (Phi) is 9.24. The number of alkyl halides is 3. The topological polar surface area (TPSA) is 0 Å². The first-order valence-electron chi connectivity index (χ1n) is 9.75. The predicted octanol–water partition coefficient (Wildman–Crippen LogP) is 9.06. The van der Waals surface area contributed by atoms with Crippen LogP contribution in [0.4, 0.5) is 0 Å². The molecule has 0 saturated heterocycles. The van der Waals surface area contributed by atoms with Gasteiger partial charge in [-0.1, -0.05) is 86.5 Å². The molecule has 3 aromatic rings. The Hall–Kier alpha value is -1.99. The van der Waals surface area contributed by atoms with Gasteiger partial charge in [-0.15, -0.1) is 34.8 Å². The molecule has 2 unspecified atom stereocenters. The van der Waals surface area contributed by atoms with Crippen molar-refractivity contribution in [3.05, 3.63) is 103 Å². The first kappa shape index (κ1) is 24.3. The van der Waals surface area contributed by atoms with Gasteiger partial charge in [0.15, 0.2) is 0 Å². The van der Waals surface area contributed by atoms with Gasteiger partial charge in [-0.3, -0.25) is 0 Å². The van der Waals surface area contributed by atoms with Crippen molar-refractivity contribution in [3.8, 4) is 0 Å². The molecule has 0 aliphatic rings. The quantitative estimate of drug-likeness (QED) is 0.324. The molecule has 0 aromatic heterocycles. The van der Waals surface area contributed by atoms with Crippen molar-refractivity contribution in [2.75, 3.05) is 5.88 Å². The molecule has 0 amide bonds. The number of allylic oxidation sites excluding steroid dienone is 3. The maximum atomic E-state index is 6.06. The van der Waals surface area contributed by atoms with E-state index in [9.17, 15) is 0 Å². The van der Waals surface area contributed by atoms with E-state index in [0.717, 1.165) is 33.4 Å². The van der Waals surface area contributed by atoms with Gasteiger partial charge in [0.05, 0.1) is 10.8 Å². The largest absolute Gasteiger partial charge is 0.122 e. The smallest absolute Gasteiger partial charge is 0.0557 e. The van der Waals surface area contributed by atoms with Crippen LogP contribution in [-0.4, -0.2) is 16.6 Å². The molecule has 3 aromatic carbocycles. The van der Waals surface area contributed by atoms with Crippen molar-refractivity contribution < 1.29 is 0 Å². The molecular weight excluding hydrogens is 431 g/mol. The molecule has 156 valence electrons. The molecule has 0 fully saturated rings. The number of benzene rings is 3. The highest BCUT2D eigenvalue weighted by atomic mass is 35.5. The lowest BCUT2D eigenvalue weighted by Gasteiger charge is -2.16. The Labute approximate surface area is 195 Å². The van der Waals surface area contributed by atoms with Crippen LogP contribution < -0.4 is 0 Å². The molecule has 0 aliphatic carbocycles. The zero-order chi connectivity index (χ0) is 22.3. The molecule has 0 N–H and O–H groups in total. The first-order chi connectivity index (χ1) is 14.3. The summed E-state index contributed by atoms with van der Waals surface area (Å²) in [5, 5.41) is 2.26. The van der Waals surface area contributed by atoms with Crippen molar-refractivity contribution in [1.29, 1.82) is 0 Å². The van der Waals surface area contributed by atoms with Crippen molar-refractivity contribution in [2.45, 2.75) is 24.6 Å². The van der Waals surface area contributed by atoms with Gasteiger partial charge in [0, 0.05) is 5.88 Å². The van der Waals surface area contributed by atoms with Gasteiger partial charge in [-0.05, 0) is 58.0 Å². The lowest BCUT2D eigenvalue weighted by Crippen LogP contribution is -2.02. The average molecular weight is 458 g/mol. The molecule has 0 radical (unpaired) electrons. The normalized spacial score (nSPS) is 12.4. The van der Waals surface area contributed by atoms with Gasteiger partial charge >= 0.3 is 0 Å². The van der Waals surface area contributed by atoms with Crippen LogP contribution in [0.15, 0.2) is 86.5 Å². The lowest BCUT2D eigenvalue weighted by atomic mass is 9.93. The lowest BCUT2D eigenvalue weighted by molar-refractivity contribution is 1.22. The third-order valence-electron chi connectivity index (χ3n) is 4.91. The van der Waals surface area contributed by atoms with Gasteiger partial charge in [0.25, 0.3) is 0 Å². The standard InChI is InChI=1S/C14H16Cl2.C13H11Cl/c1-9(11(3)15)13-7-5-6-8-14(13)10(2)12(4)16;1-10(9-14)12-8-4-6-11-5-2-3-7-13(11)12/h5-8,11-12H,1-2H2,3-4H3;2-8H,1,9H2. The van der Waals surface area contributed by atoms with Gasteiger partial charge in [0.1, 0.15) is 0 Å². The Balaban J connectivity index is 0.000000215. The zero-order valence-corrected chi connectivity index (χ0v) is 19.7. The van der Waals surface area contributed by atoms with Crippen LogP contribution in [0.2, 0.25) is 0 Å². The number of halogens is 3. The van der Waals surface area contributed by atoms with E-state index in [-0.39, 0.29) is 10.8 Å². The summed E-state index contributed by atoms with van der Waals surface area (Å²) in [6.45, 7) is 15.8.